The number of hydrogen-bond donors (Lipinski definition) is 1. The van der Waals surface area contributed by atoms with E-state index in [-0.39, 0.29) is 6.61 Å². The molecule has 0 aliphatic heterocycles. The molecule has 3 nitrogen and oxygen atoms in total. The van der Waals surface area contributed by atoms with Crippen molar-refractivity contribution in [2.45, 2.75) is 20.0 Å². The molecule has 0 fully saturated rings. The van der Waals surface area contributed by atoms with Gasteiger partial charge >= 0.3 is 0 Å². The number of para-hydroxylation sites is 1. The highest BCUT2D eigenvalue weighted by Gasteiger charge is 2.05. The summed E-state index contributed by atoms with van der Waals surface area (Å²) < 4.78 is 10.5. The SMILES string of the molecule is CCOCC(O)COc1ccccc1C. The van der Waals surface area contributed by atoms with E-state index in [0.717, 1.165) is 11.3 Å². The molecule has 1 unspecified atom stereocenters. The maximum atomic E-state index is 9.48. The van der Waals surface area contributed by atoms with Crippen LogP contribution >= 0.6 is 0 Å². The Morgan fingerprint density at radius 2 is 2.00 bits per heavy atom. The quantitative estimate of drug-likeness (QED) is 0.777. The summed E-state index contributed by atoms with van der Waals surface area (Å²) in [6.07, 6.45) is -0.565. The van der Waals surface area contributed by atoms with Gasteiger partial charge in [0.2, 0.25) is 0 Å². The Bertz CT molecular complexity index is 286. The van der Waals surface area contributed by atoms with Crippen LogP contribution in [0.15, 0.2) is 24.3 Å². The van der Waals surface area contributed by atoms with Crippen LogP contribution in [0.3, 0.4) is 0 Å². The van der Waals surface area contributed by atoms with Gasteiger partial charge in [0.15, 0.2) is 0 Å². The van der Waals surface area contributed by atoms with Gasteiger partial charge in [-0.05, 0) is 25.5 Å². The fraction of sp³-hybridized carbons (Fsp3) is 0.500. The predicted octanol–water partition coefficient (Wildman–Crippen LogP) is 1.77. The lowest BCUT2D eigenvalue weighted by Crippen LogP contribution is -2.23. The second kappa shape index (κ2) is 6.43. The van der Waals surface area contributed by atoms with Gasteiger partial charge in [-0.3, -0.25) is 0 Å². The van der Waals surface area contributed by atoms with Crippen LogP contribution in [0.4, 0.5) is 0 Å². The van der Waals surface area contributed by atoms with E-state index in [1.165, 1.54) is 0 Å². The first-order valence-corrected chi connectivity index (χ1v) is 5.18. The van der Waals surface area contributed by atoms with E-state index in [9.17, 15) is 5.11 Å². The maximum absolute atomic E-state index is 9.48. The summed E-state index contributed by atoms with van der Waals surface area (Å²) >= 11 is 0. The standard InChI is InChI=1S/C12H18O3/c1-3-14-8-11(13)9-15-12-7-5-4-6-10(12)2/h4-7,11,13H,3,8-9H2,1-2H3. The summed E-state index contributed by atoms with van der Waals surface area (Å²) in [6.45, 7) is 5.08. The molecular formula is C12H18O3. The number of hydrogen-bond acceptors (Lipinski definition) is 3. The summed E-state index contributed by atoms with van der Waals surface area (Å²) in [5.41, 5.74) is 1.07. The zero-order chi connectivity index (χ0) is 11.1. The number of ether oxygens (including phenoxy) is 2. The van der Waals surface area contributed by atoms with Crippen molar-refractivity contribution in [3.05, 3.63) is 29.8 Å². The second-order valence-corrected chi connectivity index (χ2v) is 3.39. The summed E-state index contributed by atoms with van der Waals surface area (Å²) in [6, 6.07) is 7.74. The molecule has 1 rings (SSSR count). The van der Waals surface area contributed by atoms with Crippen molar-refractivity contribution in [1.29, 1.82) is 0 Å². The van der Waals surface area contributed by atoms with Gasteiger partial charge in [-0.15, -0.1) is 0 Å². The summed E-state index contributed by atoms with van der Waals surface area (Å²) in [5, 5.41) is 9.48. The van der Waals surface area contributed by atoms with Crippen molar-refractivity contribution in [1.82, 2.24) is 0 Å². The lowest BCUT2D eigenvalue weighted by Gasteiger charge is -2.13. The van der Waals surface area contributed by atoms with E-state index in [1.54, 1.807) is 0 Å². The second-order valence-electron chi connectivity index (χ2n) is 3.39. The third-order valence-electron chi connectivity index (χ3n) is 2.04. The van der Waals surface area contributed by atoms with Gasteiger partial charge < -0.3 is 14.6 Å². The fourth-order valence-corrected chi connectivity index (χ4v) is 1.21. The van der Waals surface area contributed by atoms with Crippen LogP contribution in [0.25, 0.3) is 0 Å². The van der Waals surface area contributed by atoms with Gasteiger partial charge in [0.25, 0.3) is 0 Å². The van der Waals surface area contributed by atoms with Crippen molar-refractivity contribution in [3.63, 3.8) is 0 Å². The van der Waals surface area contributed by atoms with Crippen molar-refractivity contribution in [2.24, 2.45) is 0 Å². The first-order chi connectivity index (χ1) is 7.24. The number of rotatable bonds is 6. The molecule has 84 valence electrons. The average Bonchev–Trinajstić information content (AvgIpc) is 2.25. The number of aliphatic hydroxyl groups excluding tert-OH is 1. The van der Waals surface area contributed by atoms with Crippen LogP contribution in [0.2, 0.25) is 0 Å². The van der Waals surface area contributed by atoms with E-state index in [4.69, 9.17) is 9.47 Å². The van der Waals surface area contributed by atoms with Crippen molar-refractivity contribution in [3.8, 4) is 5.75 Å². The number of aryl methyl sites for hydroxylation is 1. The van der Waals surface area contributed by atoms with E-state index in [0.29, 0.717) is 13.2 Å². The molecule has 0 heterocycles. The highest BCUT2D eigenvalue weighted by Crippen LogP contribution is 2.16. The molecule has 1 atom stereocenters. The van der Waals surface area contributed by atoms with Crippen LogP contribution < -0.4 is 4.74 Å². The molecule has 0 aromatic heterocycles. The highest BCUT2D eigenvalue weighted by molar-refractivity contribution is 5.31. The topological polar surface area (TPSA) is 38.7 Å². The Balaban J connectivity index is 2.33. The summed E-state index contributed by atoms with van der Waals surface area (Å²) in [4.78, 5) is 0. The Hall–Kier alpha value is -1.06. The average molecular weight is 210 g/mol. The molecule has 0 aliphatic rings. The van der Waals surface area contributed by atoms with Crippen LogP contribution in [-0.2, 0) is 4.74 Å². The van der Waals surface area contributed by atoms with Gasteiger partial charge in [0.05, 0.1) is 6.61 Å². The Kier molecular flexibility index (Phi) is 5.15. The molecule has 0 aliphatic carbocycles. The molecule has 3 heteroatoms. The van der Waals surface area contributed by atoms with Crippen LogP contribution in [0.1, 0.15) is 12.5 Å². The van der Waals surface area contributed by atoms with Crippen LogP contribution in [0, 0.1) is 6.92 Å². The van der Waals surface area contributed by atoms with Crippen molar-refractivity contribution in [2.75, 3.05) is 19.8 Å². The van der Waals surface area contributed by atoms with E-state index < -0.39 is 6.10 Å². The molecular weight excluding hydrogens is 192 g/mol. The highest BCUT2D eigenvalue weighted by atomic mass is 16.5. The molecule has 1 N–H and O–H groups in total. The van der Waals surface area contributed by atoms with Crippen molar-refractivity contribution >= 4 is 0 Å². The number of aliphatic hydroxyl groups is 1. The third-order valence-corrected chi connectivity index (χ3v) is 2.04. The van der Waals surface area contributed by atoms with E-state index >= 15 is 0 Å². The Morgan fingerprint density at radius 3 is 2.67 bits per heavy atom. The molecule has 0 amide bonds. The predicted molar refractivity (Wildman–Crippen MR) is 59.2 cm³/mol. The van der Waals surface area contributed by atoms with Gasteiger partial charge in [0, 0.05) is 6.61 Å². The minimum Gasteiger partial charge on any atom is -0.491 e. The summed E-state index contributed by atoms with van der Waals surface area (Å²) in [7, 11) is 0. The van der Waals surface area contributed by atoms with Crippen molar-refractivity contribution < 1.29 is 14.6 Å². The lowest BCUT2D eigenvalue weighted by molar-refractivity contribution is 0.0163. The van der Waals surface area contributed by atoms with Gasteiger partial charge in [-0.2, -0.15) is 0 Å². The molecule has 1 aromatic carbocycles. The minimum atomic E-state index is -0.565. The zero-order valence-electron chi connectivity index (χ0n) is 9.27. The number of benzene rings is 1. The maximum Gasteiger partial charge on any atom is 0.122 e. The fourth-order valence-electron chi connectivity index (χ4n) is 1.21. The molecule has 0 radical (unpaired) electrons. The molecule has 0 bridgehead atoms. The van der Waals surface area contributed by atoms with Crippen LogP contribution in [0.5, 0.6) is 5.75 Å². The van der Waals surface area contributed by atoms with Gasteiger partial charge in [-0.1, -0.05) is 18.2 Å². The largest absolute Gasteiger partial charge is 0.491 e. The minimum absolute atomic E-state index is 0.269. The zero-order valence-corrected chi connectivity index (χ0v) is 9.27. The molecule has 0 saturated carbocycles. The molecule has 0 spiro atoms. The lowest BCUT2D eigenvalue weighted by atomic mass is 10.2. The third kappa shape index (κ3) is 4.32. The van der Waals surface area contributed by atoms with Gasteiger partial charge in [0.1, 0.15) is 18.5 Å². The monoisotopic (exact) mass is 210 g/mol. The molecule has 0 saturated heterocycles. The molecule has 15 heavy (non-hydrogen) atoms. The first-order valence-electron chi connectivity index (χ1n) is 5.18. The normalized spacial score (nSPS) is 12.5. The van der Waals surface area contributed by atoms with Crippen LogP contribution in [-0.4, -0.2) is 31.0 Å². The molecule has 1 aromatic rings. The Morgan fingerprint density at radius 1 is 1.27 bits per heavy atom. The van der Waals surface area contributed by atoms with Gasteiger partial charge in [-0.25, -0.2) is 0 Å². The Labute approximate surface area is 90.6 Å². The summed E-state index contributed by atoms with van der Waals surface area (Å²) in [5.74, 6) is 0.813. The van der Waals surface area contributed by atoms with E-state index in [2.05, 4.69) is 0 Å². The smallest absolute Gasteiger partial charge is 0.122 e. The first kappa shape index (κ1) is 12.0. The van der Waals surface area contributed by atoms with E-state index in [1.807, 2.05) is 38.1 Å².